The van der Waals surface area contributed by atoms with Gasteiger partial charge in [-0.1, -0.05) is 23.2 Å². The SMILES string of the molecule is CN(C1CCCNCC1)S(=O)(=O)c1ccc(Cl)c(Cl)c1. The molecule has 1 aliphatic rings. The van der Waals surface area contributed by atoms with Crippen molar-refractivity contribution >= 4 is 33.2 Å². The smallest absolute Gasteiger partial charge is 0.243 e. The summed E-state index contributed by atoms with van der Waals surface area (Å²) in [6.45, 7) is 1.78. The zero-order valence-corrected chi connectivity index (χ0v) is 13.6. The van der Waals surface area contributed by atoms with Crippen molar-refractivity contribution in [3.05, 3.63) is 28.2 Å². The van der Waals surface area contributed by atoms with Gasteiger partial charge in [-0.05, 0) is 50.6 Å². The molecule has 0 bridgehead atoms. The van der Waals surface area contributed by atoms with E-state index in [0.717, 1.165) is 32.4 Å². The summed E-state index contributed by atoms with van der Waals surface area (Å²) in [5.41, 5.74) is 0. The highest BCUT2D eigenvalue weighted by Crippen LogP contribution is 2.27. The Kier molecular flexibility index (Phi) is 5.31. The van der Waals surface area contributed by atoms with Crippen LogP contribution in [0.3, 0.4) is 0 Å². The predicted molar refractivity (Wildman–Crippen MR) is 81.9 cm³/mol. The van der Waals surface area contributed by atoms with E-state index in [0.29, 0.717) is 5.02 Å². The van der Waals surface area contributed by atoms with Crippen molar-refractivity contribution in [3.63, 3.8) is 0 Å². The molecule has 1 unspecified atom stereocenters. The highest BCUT2D eigenvalue weighted by atomic mass is 35.5. The van der Waals surface area contributed by atoms with E-state index in [1.165, 1.54) is 22.5 Å². The first-order valence-corrected chi connectivity index (χ1v) is 8.76. The summed E-state index contributed by atoms with van der Waals surface area (Å²) in [4.78, 5) is 0.187. The van der Waals surface area contributed by atoms with Crippen LogP contribution in [0, 0.1) is 0 Å². The molecule has 1 saturated heterocycles. The van der Waals surface area contributed by atoms with E-state index in [9.17, 15) is 8.42 Å². The van der Waals surface area contributed by atoms with Gasteiger partial charge in [-0.25, -0.2) is 8.42 Å². The quantitative estimate of drug-likeness (QED) is 0.923. The van der Waals surface area contributed by atoms with Gasteiger partial charge in [0.1, 0.15) is 0 Å². The number of nitrogens with zero attached hydrogens (tertiary/aromatic N) is 1. The number of benzene rings is 1. The number of hydrogen-bond donors (Lipinski definition) is 1. The van der Waals surface area contributed by atoms with E-state index < -0.39 is 10.0 Å². The lowest BCUT2D eigenvalue weighted by atomic mass is 10.1. The molecule has 0 aliphatic carbocycles. The van der Waals surface area contributed by atoms with Gasteiger partial charge < -0.3 is 5.32 Å². The van der Waals surface area contributed by atoms with Gasteiger partial charge in [0, 0.05) is 13.1 Å². The van der Waals surface area contributed by atoms with Crippen LogP contribution in [0.4, 0.5) is 0 Å². The first-order valence-electron chi connectivity index (χ1n) is 6.57. The molecule has 1 fully saturated rings. The van der Waals surface area contributed by atoms with Gasteiger partial charge in [0.05, 0.1) is 14.9 Å². The molecule has 0 amide bonds. The third-order valence-corrected chi connectivity index (χ3v) is 6.27. The molecule has 0 radical (unpaired) electrons. The number of nitrogens with one attached hydrogen (secondary N) is 1. The molecule has 1 aliphatic heterocycles. The van der Waals surface area contributed by atoms with Crippen LogP contribution in [0.15, 0.2) is 23.1 Å². The average molecular weight is 337 g/mol. The molecule has 2 rings (SSSR count). The van der Waals surface area contributed by atoms with E-state index in [-0.39, 0.29) is 16.0 Å². The van der Waals surface area contributed by atoms with Gasteiger partial charge in [-0.3, -0.25) is 0 Å². The van der Waals surface area contributed by atoms with Gasteiger partial charge >= 0.3 is 0 Å². The molecule has 1 aromatic rings. The Morgan fingerprint density at radius 2 is 1.95 bits per heavy atom. The summed E-state index contributed by atoms with van der Waals surface area (Å²) < 4.78 is 26.7. The molecule has 1 N–H and O–H groups in total. The van der Waals surface area contributed by atoms with E-state index in [1.54, 1.807) is 7.05 Å². The zero-order valence-electron chi connectivity index (χ0n) is 11.3. The van der Waals surface area contributed by atoms with Crippen LogP contribution in [0.1, 0.15) is 19.3 Å². The van der Waals surface area contributed by atoms with Crippen molar-refractivity contribution in [3.8, 4) is 0 Å². The fraction of sp³-hybridized carbons (Fsp3) is 0.538. The highest BCUT2D eigenvalue weighted by molar-refractivity contribution is 7.89. The Morgan fingerprint density at radius 3 is 2.65 bits per heavy atom. The van der Waals surface area contributed by atoms with Crippen LogP contribution >= 0.6 is 23.2 Å². The molecule has 4 nitrogen and oxygen atoms in total. The van der Waals surface area contributed by atoms with Crippen molar-refractivity contribution in [2.75, 3.05) is 20.1 Å². The predicted octanol–water partition coefficient (Wildman–Crippen LogP) is 2.76. The first kappa shape index (κ1) is 16.0. The lowest BCUT2D eigenvalue weighted by Gasteiger charge is -2.26. The summed E-state index contributed by atoms with van der Waals surface area (Å²) in [6, 6.07) is 4.43. The molecule has 0 saturated carbocycles. The normalized spacial score (nSPS) is 20.9. The standard InChI is InChI=1S/C13H18Cl2N2O2S/c1-17(10-3-2-7-16-8-6-10)20(18,19)11-4-5-12(14)13(15)9-11/h4-5,9-10,16H,2-3,6-8H2,1H3. The molecule has 1 atom stereocenters. The van der Waals surface area contributed by atoms with Crippen molar-refractivity contribution in [2.45, 2.75) is 30.2 Å². The molecule has 7 heteroatoms. The largest absolute Gasteiger partial charge is 0.317 e. The molecule has 0 aromatic heterocycles. The molecule has 1 heterocycles. The van der Waals surface area contributed by atoms with Crippen LogP contribution in [0.5, 0.6) is 0 Å². The fourth-order valence-electron chi connectivity index (χ4n) is 2.36. The van der Waals surface area contributed by atoms with Gasteiger partial charge in [-0.2, -0.15) is 4.31 Å². The van der Waals surface area contributed by atoms with Gasteiger partial charge in [0.25, 0.3) is 0 Å². The topological polar surface area (TPSA) is 49.4 Å². The summed E-state index contributed by atoms with van der Waals surface area (Å²) >= 11 is 11.7. The molecule has 1 aromatic carbocycles. The van der Waals surface area contributed by atoms with E-state index in [1.807, 2.05) is 0 Å². The second-order valence-corrected chi connectivity index (χ2v) is 7.74. The Morgan fingerprint density at radius 1 is 1.20 bits per heavy atom. The molecular formula is C13H18Cl2N2O2S. The Hall–Kier alpha value is -0.330. The van der Waals surface area contributed by atoms with Crippen LogP contribution in [0.2, 0.25) is 10.0 Å². The first-order chi connectivity index (χ1) is 9.43. The maximum absolute atomic E-state index is 12.6. The lowest BCUT2D eigenvalue weighted by Crippen LogP contribution is -2.37. The zero-order chi connectivity index (χ0) is 14.8. The van der Waals surface area contributed by atoms with E-state index in [2.05, 4.69) is 5.32 Å². The van der Waals surface area contributed by atoms with Crippen molar-refractivity contribution < 1.29 is 8.42 Å². The Balaban J connectivity index is 2.26. The maximum atomic E-state index is 12.6. The van der Waals surface area contributed by atoms with Crippen LogP contribution in [-0.4, -0.2) is 38.9 Å². The number of sulfonamides is 1. The summed E-state index contributed by atoms with van der Waals surface area (Å²) in [7, 11) is -1.90. The number of halogens is 2. The van der Waals surface area contributed by atoms with Gasteiger partial charge in [0.2, 0.25) is 10.0 Å². The average Bonchev–Trinajstić information content (AvgIpc) is 2.69. The minimum absolute atomic E-state index is 0.0180. The third-order valence-electron chi connectivity index (χ3n) is 3.63. The van der Waals surface area contributed by atoms with E-state index in [4.69, 9.17) is 23.2 Å². The molecular weight excluding hydrogens is 319 g/mol. The number of rotatable bonds is 3. The van der Waals surface area contributed by atoms with Crippen LogP contribution in [0.25, 0.3) is 0 Å². The Bertz CT molecular complexity index is 570. The lowest BCUT2D eigenvalue weighted by molar-refractivity contribution is 0.341. The van der Waals surface area contributed by atoms with E-state index >= 15 is 0 Å². The second kappa shape index (κ2) is 6.62. The van der Waals surface area contributed by atoms with Crippen molar-refractivity contribution in [1.29, 1.82) is 0 Å². The minimum Gasteiger partial charge on any atom is -0.317 e. The Labute approximate surface area is 130 Å². The summed E-state index contributed by atoms with van der Waals surface area (Å²) in [5, 5.41) is 3.89. The summed E-state index contributed by atoms with van der Waals surface area (Å²) in [5.74, 6) is 0. The van der Waals surface area contributed by atoms with Gasteiger partial charge in [-0.15, -0.1) is 0 Å². The highest BCUT2D eigenvalue weighted by Gasteiger charge is 2.28. The van der Waals surface area contributed by atoms with Crippen molar-refractivity contribution in [1.82, 2.24) is 9.62 Å². The monoisotopic (exact) mass is 336 g/mol. The molecule has 20 heavy (non-hydrogen) atoms. The second-order valence-electron chi connectivity index (χ2n) is 4.93. The maximum Gasteiger partial charge on any atom is 0.243 e. The van der Waals surface area contributed by atoms with Gasteiger partial charge in [0.15, 0.2) is 0 Å². The van der Waals surface area contributed by atoms with Crippen molar-refractivity contribution in [2.24, 2.45) is 0 Å². The number of hydrogen-bond acceptors (Lipinski definition) is 3. The van der Waals surface area contributed by atoms with Crippen LogP contribution in [-0.2, 0) is 10.0 Å². The fourth-order valence-corrected chi connectivity index (χ4v) is 4.17. The minimum atomic E-state index is -3.53. The molecule has 0 spiro atoms. The third kappa shape index (κ3) is 3.46. The molecule has 112 valence electrons. The van der Waals surface area contributed by atoms with Crippen LogP contribution < -0.4 is 5.32 Å². The summed E-state index contributed by atoms with van der Waals surface area (Å²) in [6.07, 6.45) is 2.66.